The highest BCUT2D eigenvalue weighted by molar-refractivity contribution is 6.30. The van der Waals surface area contributed by atoms with E-state index in [1.54, 1.807) is 19.2 Å². The third kappa shape index (κ3) is 3.63. The summed E-state index contributed by atoms with van der Waals surface area (Å²) in [6.07, 6.45) is 1.97. The number of aromatic nitrogens is 1. The molecule has 1 aliphatic heterocycles. The van der Waals surface area contributed by atoms with E-state index in [1.807, 2.05) is 55.5 Å². The third-order valence-corrected chi connectivity index (χ3v) is 5.89. The molecule has 1 aliphatic rings. The van der Waals surface area contributed by atoms with Crippen molar-refractivity contribution in [2.45, 2.75) is 19.4 Å². The van der Waals surface area contributed by atoms with Gasteiger partial charge in [0.05, 0.1) is 30.6 Å². The van der Waals surface area contributed by atoms with Gasteiger partial charge in [0.2, 0.25) is 0 Å². The number of rotatable bonds is 4. The summed E-state index contributed by atoms with van der Waals surface area (Å²) < 4.78 is 10.6. The van der Waals surface area contributed by atoms with Gasteiger partial charge < -0.3 is 9.15 Å². The Morgan fingerprint density at radius 2 is 1.97 bits per heavy atom. The quantitative estimate of drug-likeness (QED) is 0.373. The van der Waals surface area contributed by atoms with Gasteiger partial charge in [0.15, 0.2) is 5.76 Å². The van der Waals surface area contributed by atoms with Crippen LogP contribution in [0.4, 0.5) is 0 Å². The predicted molar refractivity (Wildman–Crippen MR) is 123 cm³/mol. The zero-order valence-electron chi connectivity index (χ0n) is 17.6. The molecule has 0 radical (unpaired) electrons. The van der Waals surface area contributed by atoms with Gasteiger partial charge in [0, 0.05) is 17.4 Å². The Hall–Kier alpha value is -3.64. The molecule has 1 unspecified atom stereocenters. The van der Waals surface area contributed by atoms with Gasteiger partial charge in [-0.25, -0.2) is 9.99 Å². The lowest BCUT2D eigenvalue weighted by Gasteiger charge is -2.22. The van der Waals surface area contributed by atoms with Crippen LogP contribution in [0.2, 0.25) is 5.15 Å². The molecule has 0 aliphatic carbocycles. The van der Waals surface area contributed by atoms with Gasteiger partial charge in [-0.3, -0.25) is 4.79 Å². The van der Waals surface area contributed by atoms with Gasteiger partial charge in [-0.2, -0.15) is 5.10 Å². The van der Waals surface area contributed by atoms with Crippen molar-refractivity contribution in [1.29, 1.82) is 0 Å². The summed E-state index contributed by atoms with van der Waals surface area (Å²) in [7, 11) is 1.62. The lowest BCUT2D eigenvalue weighted by molar-refractivity contribution is 0.0678. The monoisotopic (exact) mass is 445 g/mol. The van der Waals surface area contributed by atoms with Crippen LogP contribution in [0.15, 0.2) is 76.4 Å². The second kappa shape index (κ2) is 8.13. The van der Waals surface area contributed by atoms with Crippen molar-refractivity contribution >= 4 is 34.1 Å². The van der Waals surface area contributed by atoms with Crippen LogP contribution < -0.4 is 4.74 Å². The number of benzene rings is 2. The first-order chi connectivity index (χ1) is 15.5. The van der Waals surface area contributed by atoms with Crippen LogP contribution in [0.3, 0.4) is 0 Å². The van der Waals surface area contributed by atoms with Crippen molar-refractivity contribution in [3.8, 4) is 5.75 Å². The molecule has 7 heteroatoms. The molecule has 3 heterocycles. The Morgan fingerprint density at radius 3 is 2.69 bits per heavy atom. The number of fused-ring (bicyclic) bond motifs is 1. The Morgan fingerprint density at radius 1 is 1.16 bits per heavy atom. The second-order valence-corrected chi connectivity index (χ2v) is 8.04. The summed E-state index contributed by atoms with van der Waals surface area (Å²) in [4.78, 5) is 17.8. The van der Waals surface area contributed by atoms with Gasteiger partial charge in [-0.1, -0.05) is 23.7 Å². The SMILES string of the molecule is COc1ccc(C2=NN(C(=O)c3ccco3)C(c3cc4ccc(C)cc4nc3Cl)C2)cc1. The number of amides is 1. The van der Waals surface area contributed by atoms with Crippen molar-refractivity contribution < 1.29 is 13.9 Å². The molecule has 0 bridgehead atoms. The minimum atomic E-state index is -0.407. The number of carbonyl (C=O) groups is 1. The van der Waals surface area contributed by atoms with Crippen LogP contribution in [-0.4, -0.2) is 28.7 Å². The third-order valence-electron chi connectivity index (χ3n) is 5.59. The number of nitrogens with zero attached hydrogens (tertiary/aromatic N) is 3. The fourth-order valence-electron chi connectivity index (χ4n) is 3.91. The zero-order chi connectivity index (χ0) is 22.2. The minimum Gasteiger partial charge on any atom is -0.497 e. The van der Waals surface area contributed by atoms with Crippen molar-refractivity contribution in [1.82, 2.24) is 9.99 Å². The van der Waals surface area contributed by atoms with E-state index in [0.717, 1.165) is 39.1 Å². The summed E-state index contributed by atoms with van der Waals surface area (Å²) in [5.41, 5.74) is 4.35. The van der Waals surface area contributed by atoms with E-state index in [9.17, 15) is 4.79 Å². The molecule has 160 valence electrons. The topological polar surface area (TPSA) is 67.9 Å². The maximum atomic E-state index is 13.2. The average Bonchev–Trinajstić information content (AvgIpc) is 3.49. The van der Waals surface area contributed by atoms with Crippen LogP contribution in [-0.2, 0) is 0 Å². The normalized spacial score (nSPS) is 15.8. The molecule has 2 aromatic carbocycles. The minimum absolute atomic E-state index is 0.218. The molecule has 0 N–H and O–H groups in total. The number of hydrogen-bond acceptors (Lipinski definition) is 5. The fraction of sp³-hybridized carbons (Fsp3) is 0.160. The lowest BCUT2D eigenvalue weighted by Crippen LogP contribution is -2.27. The predicted octanol–water partition coefficient (Wildman–Crippen LogP) is 5.79. The summed E-state index contributed by atoms with van der Waals surface area (Å²) in [5, 5.41) is 7.44. The molecule has 2 aromatic heterocycles. The van der Waals surface area contributed by atoms with E-state index in [4.69, 9.17) is 20.8 Å². The Kier molecular flexibility index (Phi) is 5.15. The van der Waals surface area contributed by atoms with Crippen LogP contribution >= 0.6 is 11.6 Å². The molecular weight excluding hydrogens is 426 g/mol. The number of ether oxygens (including phenoxy) is 1. The Labute approximate surface area is 190 Å². The largest absolute Gasteiger partial charge is 0.497 e. The highest BCUT2D eigenvalue weighted by atomic mass is 35.5. The maximum absolute atomic E-state index is 13.2. The Bertz CT molecular complexity index is 1330. The molecule has 1 atom stereocenters. The van der Waals surface area contributed by atoms with E-state index < -0.39 is 6.04 Å². The molecule has 32 heavy (non-hydrogen) atoms. The van der Waals surface area contributed by atoms with E-state index >= 15 is 0 Å². The summed E-state index contributed by atoms with van der Waals surface area (Å²) in [6.45, 7) is 2.01. The number of aryl methyl sites for hydroxylation is 1. The molecule has 1 amide bonds. The zero-order valence-corrected chi connectivity index (χ0v) is 18.3. The van der Waals surface area contributed by atoms with Crippen molar-refractivity contribution in [2.24, 2.45) is 5.10 Å². The number of pyridine rings is 1. The molecule has 0 fully saturated rings. The number of methoxy groups -OCH3 is 1. The molecule has 5 rings (SSSR count). The standard InChI is InChI=1S/C25H20ClN3O3/c1-15-5-6-17-13-19(24(26)27-20(17)12-15)22-14-21(16-7-9-18(31-2)10-8-16)28-29(22)25(30)23-4-3-11-32-23/h3-13,22H,14H2,1-2H3. The molecule has 0 saturated heterocycles. The lowest BCUT2D eigenvalue weighted by atomic mass is 9.98. The number of hydrazone groups is 1. The second-order valence-electron chi connectivity index (χ2n) is 7.69. The highest BCUT2D eigenvalue weighted by Gasteiger charge is 2.36. The molecule has 6 nitrogen and oxygen atoms in total. The summed E-state index contributed by atoms with van der Waals surface area (Å²) in [5.74, 6) is 0.642. The molecule has 4 aromatic rings. The van der Waals surface area contributed by atoms with Crippen LogP contribution in [0.25, 0.3) is 10.9 Å². The Balaban J connectivity index is 1.58. The first-order valence-electron chi connectivity index (χ1n) is 10.2. The van der Waals surface area contributed by atoms with Crippen LogP contribution in [0.1, 0.15) is 39.7 Å². The van der Waals surface area contributed by atoms with E-state index in [2.05, 4.69) is 10.1 Å². The molecule has 0 spiro atoms. The maximum Gasteiger partial charge on any atom is 0.310 e. The van der Waals surface area contributed by atoms with E-state index in [-0.39, 0.29) is 11.7 Å². The number of hydrogen-bond donors (Lipinski definition) is 0. The average molecular weight is 446 g/mol. The first-order valence-corrected chi connectivity index (χ1v) is 10.6. The van der Waals surface area contributed by atoms with Gasteiger partial charge in [0.1, 0.15) is 10.9 Å². The van der Waals surface area contributed by atoms with Gasteiger partial charge in [-0.05, 0) is 66.6 Å². The van der Waals surface area contributed by atoms with Crippen LogP contribution in [0.5, 0.6) is 5.75 Å². The van der Waals surface area contributed by atoms with Gasteiger partial charge in [-0.15, -0.1) is 0 Å². The van der Waals surface area contributed by atoms with Crippen LogP contribution in [0, 0.1) is 6.92 Å². The summed E-state index contributed by atoms with van der Waals surface area (Å²) in [6, 6.07) is 18.5. The summed E-state index contributed by atoms with van der Waals surface area (Å²) >= 11 is 6.62. The first kappa shape index (κ1) is 20.3. The van der Waals surface area contributed by atoms with E-state index in [1.165, 1.54) is 11.3 Å². The van der Waals surface area contributed by atoms with Gasteiger partial charge in [0.25, 0.3) is 0 Å². The van der Waals surface area contributed by atoms with Crippen molar-refractivity contribution in [2.75, 3.05) is 7.11 Å². The smallest absolute Gasteiger partial charge is 0.310 e. The molecule has 0 saturated carbocycles. The highest BCUT2D eigenvalue weighted by Crippen LogP contribution is 2.38. The van der Waals surface area contributed by atoms with Gasteiger partial charge >= 0.3 is 5.91 Å². The number of halogens is 1. The fourth-order valence-corrected chi connectivity index (χ4v) is 4.19. The number of furan rings is 1. The van der Waals surface area contributed by atoms with Crippen molar-refractivity contribution in [3.63, 3.8) is 0 Å². The molecular formula is C25H20ClN3O3. The van der Waals surface area contributed by atoms with Crippen molar-refractivity contribution in [3.05, 3.63) is 94.5 Å². The number of carbonyl (C=O) groups excluding carboxylic acids is 1. The van der Waals surface area contributed by atoms with E-state index in [0.29, 0.717) is 11.6 Å².